The van der Waals surface area contributed by atoms with Crippen molar-refractivity contribution in [3.63, 3.8) is 0 Å². The SMILES string of the molecule is Clc1ccc2oc(-c3ccc4c(c3)-c3ccccc3C4)nc2c1. The number of halogens is 1. The Hall–Kier alpha value is -2.58. The Morgan fingerprint density at radius 3 is 2.70 bits per heavy atom. The third-order valence-corrected chi connectivity index (χ3v) is 4.63. The summed E-state index contributed by atoms with van der Waals surface area (Å²) in [7, 11) is 0. The van der Waals surface area contributed by atoms with Crippen molar-refractivity contribution in [3.8, 4) is 22.6 Å². The van der Waals surface area contributed by atoms with Crippen molar-refractivity contribution in [1.82, 2.24) is 4.98 Å². The molecule has 0 atom stereocenters. The van der Waals surface area contributed by atoms with Crippen LogP contribution in [0.1, 0.15) is 11.1 Å². The molecule has 0 bridgehead atoms. The first kappa shape index (κ1) is 12.9. The van der Waals surface area contributed by atoms with Crippen LogP contribution >= 0.6 is 11.6 Å². The third-order valence-electron chi connectivity index (χ3n) is 4.39. The molecule has 0 fully saturated rings. The van der Waals surface area contributed by atoms with Gasteiger partial charge in [-0.1, -0.05) is 41.9 Å². The predicted octanol–water partition coefficient (Wildman–Crippen LogP) is 5.72. The summed E-state index contributed by atoms with van der Waals surface area (Å²) in [6.07, 6.45) is 0.995. The van der Waals surface area contributed by atoms with Crippen molar-refractivity contribution < 1.29 is 4.42 Å². The Balaban J connectivity index is 1.67. The van der Waals surface area contributed by atoms with E-state index in [-0.39, 0.29) is 0 Å². The molecule has 0 unspecified atom stereocenters. The van der Waals surface area contributed by atoms with Crippen molar-refractivity contribution in [2.24, 2.45) is 0 Å². The van der Waals surface area contributed by atoms with E-state index in [2.05, 4.69) is 47.4 Å². The van der Waals surface area contributed by atoms with Crippen LogP contribution in [0.15, 0.2) is 65.1 Å². The molecule has 110 valence electrons. The highest BCUT2D eigenvalue weighted by Crippen LogP contribution is 2.39. The van der Waals surface area contributed by atoms with Gasteiger partial charge in [-0.15, -0.1) is 0 Å². The van der Waals surface area contributed by atoms with Gasteiger partial charge in [0.2, 0.25) is 5.89 Å². The van der Waals surface area contributed by atoms with Gasteiger partial charge in [0.05, 0.1) is 0 Å². The molecule has 1 aromatic heterocycles. The molecular formula is C20H12ClNO. The molecule has 0 radical (unpaired) electrons. The predicted molar refractivity (Wildman–Crippen MR) is 92.7 cm³/mol. The van der Waals surface area contributed by atoms with Crippen LogP contribution in [-0.4, -0.2) is 4.98 Å². The second-order valence-corrected chi connectivity index (χ2v) is 6.27. The molecule has 0 N–H and O–H groups in total. The van der Waals surface area contributed by atoms with Crippen molar-refractivity contribution in [2.75, 3.05) is 0 Å². The molecule has 1 heterocycles. The zero-order valence-electron chi connectivity index (χ0n) is 12.2. The van der Waals surface area contributed by atoms with E-state index < -0.39 is 0 Å². The Bertz CT molecular complexity index is 1060. The summed E-state index contributed by atoms with van der Waals surface area (Å²) in [5, 5.41) is 0.667. The van der Waals surface area contributed by atoms with Crippen LogP contribution in [0.2, 0.25) is 5.02 Å². The van der Waals surface area contributed by atoms with Gasteiger partial charge < -0.3 is 4.42 Å². The monoisotopic (exact) mass is 317 g/mol. The average molecular weight is 318 g/mol. The van der Waals surface area contributed by atoms with E-state index in [0.717, 1.165) is 23.1 Å². The Morgan fingerprint density at radius 1 is 0.870 bits per heavy atom. The number of oxazole rings is 1. The number of rotatable bonds is 1. The lowest BCUT2D eigenvalue weighted by atomic mass is 10.0. The van der Waals surface area contributed by atoms with Crippen molar-refractivity contribution in [2.45, 2.75) is 6.42 Å². The average Bonchev–Trinajstić information content (AvgIpc) is 3.14. The number of hydrogen-bond acceptors (Lipinski definition) is 2. The van der Waals surface area contributed by atoms with Crippen LogP contribution in [0.5, 0.6) is 0 Å². The standard InChI is InChI=1S/C20H12ClNO/c21-15-7-8-19-18(11-15)22-20(23-19)14-6-5-13-9-12-3-1-2-4-16(12)17(13)10-14/h1-8,10-11H,9H2. The molecule has 0 aliphatic heterocycles. The van der Waals surface area contributed by atoms with Crippen LogP contribution in [0, 0.1) is 0 Å². The maximum atomic E-state index is 6.03. The van der Waals surface area contributed by atoms with E-state index in [9.17, 15) is 0 Å². The maximum absolute atomic E-state index is 6.03. The highest BCUT2D eigenvalue weighted by Gasteiger charge is 2.19. The quantitative estimate of drug-likeness (QED) is 0.395. The second kappa shape index (κ2) is 4.71. The Morgan fingerprint density at radius 2 is 1.74 bits per heavy atom. The number of aromatic nitrogens is 1. The summed E-state index contributed by atoms with van der Waals surface area (Å²) in [6, 6.07) is 20.5. The lowest BCUT2D eigenvalue weighted by Gasteiger charge is -2.02. The molecule has 0 spiro atoms. The highest BCUT2D eigenvalue weighted by molar-refractivity contribution is 6.31. The maximum Gasteiger partial charge on any atom is 0.227 e. The summed E-state index contributed by atoms with van der Waals surface area (Å²) in [4.78, 5) is 4.57. The van der Waals surface area contributed by atoms with Gasteiger partial charge in [0.15, 0.2) is 5.58 Å². The minimum absolute atomic E-state index is 0.634. The second-order valence-electron chi connectivity index (χ2n) is 5.84. The molecule has 0 saturated carbocycles. The van der Waals surface area contributed by atoms with Crippen molar-refractivity contribution in [3.05, 3.63) is 76.8 Å². The molecule has 0 saturated heterocycles. The zero-order valence-corrected chi connectivity index (χ0v) is 13.0. The van der Waals surface area contributed by atoms with E-state index in [1.54, 1.807) is 0 Å². The summed E-state index contributed by atoms with van der Waals surface area (Å²) in [5.41, 5.74) is 7.85. The Labute approximate surface area is 138 Å². The van der Waals surface area contributed by atoms with Crippen LogP contribution in [0.25, 0.3) is 33.7 Å². The summed E-state index contributed by atoms with van der Waals surface area (Å²) >= 11 is 6.03. The molecule has 1 aliphatic rings. The molecule has 3 heteroatoms. The number of hydrogen-bond donors (Lipinski definition) is 0. The number of fused-ring (bicyclic) bond motifs is 4. The molecule has 0 amide bonds. The lowest BCUT2D eigenvalue weighted by molar-refractivity contribution is 0.620. The first-order chi connectivity index (χ1) is 11.3. The van der Waals surface area contributed by atoms with Gasteiger partial charge in [0, 0.05) is 10.6 Å². The molecule has 5 rings (SSSR count). The molecule has 1 aliphatic carbocycles. The van der Waals surface area contributed by atoms with Crippen LogP contribution in [0.4, 0.5) is 0 Å². The topological polar surface area (TPSA) is 26.0 Å². The van der Waals surface area contributed by atoms with Gasteiger partial charge in [-0.05, 0) is 59.0 Å². The molecule has 3 aromatic carbocycles. The minimum atomic E-state index is 0.634. The van der Waals surface area contributed by atoms with Crippen molar-refractivity contribution in [1.29, 1.82) is 0 Å². The minimum Gasteiger partial charge on any atom is -0.436 e. The summed E-state index contributed by atoms with van der Waals surface area (Å²) in [5.74, 6) is 0.634. The fourth-order valence-corrected chi connectivity index (χ4v) is 3.45. The van der Waals surface area contributed by atoms with E-state index in [1.807, 2.05) is 18.2 Å². The van der Waals surface area contributed by atoms with Crippen LogP contribution in [-0.2, 0) is 6.42 Å². The van der Waals surface area contributed by atoms with Gasteiger partial charge in [-0.25, -0.2) is 4.98 Å². The van der Waals surface area contributed by atoms with Gasteiger partial charge in [-0.3, -0.25) is 0 Å². The Kier molecular flexibility index (Phi) is 2.64. The molecular weight excluding hydrogens is 306 g/mol. The van der Waals surface area contributed by atoms with Gasteiger partial charge in [0.25, 0.3) is 0 Å². The lowest BCUT2D eigenvalue weighted by Crippen LogP contribution is -1.82. The van der Waals surface area contributed by atoms with E-state index in [1.165, 1.54) is 22.3 Å². The van der Waals surface area contributed by atoms with Crippen molar-refractivity contribution >= 4 is 22.7 Å². The van der Waals surface area contributed by atoms with Crippen LogP contribution < -0.4 is 0 Å². The number of nitrogens with zero attached hydrogens (tertiary/aromatic N) is 1. The number of benzene rings is 3. The van der Waals surface area contributed by atoms with E-state index in [0.29, 0.717) is 10.9 Å². The summed E-state index contributed by atoms with van der Waals surface area (Å²) < 4.78 is 5.89. The first-order valence-corrected chi connectivity index (χ1v) is 7.93. The molecule has 2 nitrogen and oxygen atoms in total. The summed E-state index contributed by atoms with van der Waals surface area (Å²) in [6.45, 7) is 0. The zero-order chi connectivity index (χ0) is 15.4. The first-order valence-electron chi connectivity index (χ1n) is 7.55. The van der Waals surface area contributed by atoms with E-state index in [4.69, 9.17) is 16.0 Å². The normalized spacial score (nSPS) is 12.4. The smallest absolute Gasteiger partial charge is 0.227 e. The van der Waals surface area contributed by atoms with E-state index >= 15 is 0 Å². The third kappa shape index (κ3) is 1.99. The molecule has 23 heavy (non-hydrogen) atoms. The van der Waals surface area contributed by atoms with Gasteiger partial charge in [0.1, 0.15) is 5.52 Å². The molecule has 4 aromatic rings. The fourth-order valence-electron chi connectivity index (χ4n) is 3.28. The van der Waals surface area contributed by atoms with Crippen LogP contribution in [0.3, 0.4) is 0 Å². The van der Waals surface area contributed by atoms with Gasteiger partial charge in [-0.2, -0.15) is 0 Å². The highest BCUT2D eigenvalue weighted by atomic mass is 35.5. The fraction of sp³-hybridized carbons (Fsp3) is 0.0500. The largest absolute Gasteiger partial charge is 0.436 e. The van der Waals surface area contributed by atoms with Gasteiger partial charge >= 0.3 is 0 Å².